The summed E-state index contributed by atoms with van der Waals surface area (Å²) in [4.78, 5) is 2.50. The first kappa shape index (κ1) is 14.6. The van der Waals surface area contributed by atoms with Crippen LogP contribution in [-0.4, -0.2) is 36.7 Å². The summed E-state index contributed by atoms with van der Waals surface area (Å²) in [6.45, 7) is 6.54. The van der Waals surface area contributed by atoms with Crippen LogP contribution in [0.25, 0.3) is 0 Å². The zero-order valence-corrected chi connectivity index (χ0v) is 12.3. The highest BCUT2D eigenvalue weighted by Gasteiger charge is 2.45. The van der Waals surface area contributed by atoms with Crippen LogP contribution in [0.2, 0.25) is 0 Å². The molecular weight excluding hydrogens is 240 g/mol. The van der Waals surface area contributed by atoms with Gasteiger partial charge in [0, 0.05) is 19.7 Å². The highest BCUT2D eigenvalue weighted by atomic mass is 16.5. The van der Waals surface area contributed by atoms with Gasteiger partial charge in [-0.3, -0.25) is 4.90 Å². The van der Waals surface area contributed by atoms with Gasteiger partial charge in [-0.2, -0.15) is 0 Å². The number of hydrogen-bond donors (Lipinski definition) is 1. The van der Waals surface area contributed by atoms with Crippen molar-refractivity contribution in [3.05, 3.63) is 24.2 Å². The van der Waals surface area contributed by atoms with Crippen LogP contribution < -0.4 is 5.73 Å². The van der Waals surface area contributed by atoms with E-state index in [1.54, 1.807) is 13.4 Å². The normalized spacial score (nSPS) is 19.1. The van der Waals surface area contributed by atoms with Crippen molar-refractivity contribution >= 4 is 0 Å². The summed E-state index contributed by atoms with van der Waals surface area (Å²) < 4.78 is 11.0. The third kappa shape index (κ3) is 3.02. The largest absolute Gasteiger partial charge is 0.468 e. The van der Waals surface area contributed by atoms with Gasteiger partial charge in [0.15, 0.2) is 0 Å². The van der Waals surface area contributed by atoms with Crippen LogP contribution in [0.3, 0.4) is 0 Å². The number of methoxy groups -OCH3 is 1. The molecule has 19 heavy (non-hydrogen) atoms. The molecule has 0 radical (unpaired) electrons. The molecule has 1 atom stereocenters. The summed E-state index contributed by atoms with van der Waals surface area (Å²) in [7, 11) is 1.75. The van der Waals surface area contributed by atoms with Gasteiger partial charge in [0.1, 0.15) is 5.76 Å². The topological polar surface area (TPSA) is 51.6 Å². The van der Waals surface area contributed by atoms with E-state index in [9.17, 15) is 0 Å². The Hall–Kier alpha value is -0.840. The summed E-state index contributed by atoms with van der Waals surface area (Å²) in [5.41, 5.74) is 6.03. The molecule has 0 bridgehead atoms. The van der Waals surface area contributed by atoms with Gasteiger partial charge in [-0.1, -0.05) is 13.8 Å². The number of nitrogens with zero attached hydrogens (tertiary/aromatic N) is 1. The summed E-state index contributed by atoms with van der Waals surface area (Å²) in [6.07, 6.45) is 4.23. The van der Waals surface area contributed by atoms with E-state index in [1.165, 1.54) is 12.8 Å². The fourth-order valence-corrected chi connectivity index (χ4v) is 2.85. The van der Waals surface area contributed by atoms with Gasteiger partial charge >= 0.3 is 0 Å². The molecule has 2 rings (SSSR count). The zero-order chi connectivity index (χ0) is 13.9. The van der Waals surface area contributed by atoms with Crippen LogP contribution >= 0.6 is 0 Å². The van der Waals surface area contributed by atoms with Gasteiger partial charge in [-0.05, 0) is 30.9 Å². The van der Waals surface area contributed by atoms with E-state index in [4.69, 9.17) is 14.9 Å². The van der Waals surface area contributed by atoms with E-state index < -0.39 is 0 Å². The lowest BCUT2D eigenvalue weighted by Crippen LogP contribution is -2.60. The van der Waals surface area contributed by atoms with Crippen LogP contribution in [0.15, 0.2) is 22.8 Å². The van der Waals surface area contributed by atoms with E-state index in [2.05, 4.69) is 18.7 Å². The minimum absolute atomic E-state index is 0.108. The van der Waals surface area contributed by atoms with E-state index in [1.807, 2.05) is 12.1 Å². The Balaban J connectivity index is 2.23. The second-order valence-electron chi connectivity index (χ2n) is 5.83. The number of furan rings is 1. The van der Waals surface area contributed by atoms with Crippen molar-refractivity contribution in [2.75, 3.05) is 20.3 Å². The molecule has 108 valence electrons. The van der Waals surface area contributed by atoms with E-state index in [0.29, 0.717) is 25.1 Å². The van der Waals surface area contributed by atoms with E-state index in [-0.39, 0.29) is 5.54 Å². The second-order valence-corrected chi connectivity index (χ2v) is 5.83. The standard InChI is InChI=1S/C15H26N2O2/c1-12(2)15(10-16,11-18-3)17(13-6-7-13)9-14-5-4-8-19-14/h4-5,8,12-13H,6-7,9-11,16H2,1-3H3. The second kappa shape index (κ2) is 6.07. The molecule has 0 saturated heterocycles. The monoisotopic (exact) mass is 266 g/mol. The zero-order valence-electron chi connectivity index (χ0n) is 12.3. The molecule has 1 fully saturated rings. The maximum Gasteiger partial charge on any atom is 0.117 e. The molecule has 1 aliphatic rings. The quantitative estimate of drug-likeness (QED) is 0.784. The van der Waals surface area contributed by atoms with Crippen LogP contribution in [0.4, 0.5) is 0 Å². The first-order valence-electron chi connectivity index (χ1n) is 7.12. The molecule has 0 aromatic carbocycles. The lowest BCUT2D eigenvalue weighted by Gasteiger charge is -2.46. The minimum Gasteiger partial charge on any atom is -0.468 e. The Kier molecular flexibility index (Phi) is 4.66. The van der Waals surface area contributed by atoms with Gasteiger partial charge in [-0.25, -0.2) is 0 Å². The molecule has 1 heterocycles. The van der Waals surface area contributed by atoms with Crippen LogP contribution in [-0.2, 0) is 11.3 Å². The first-order chi connectivity index (χ1) is 9.14. The van der Waals surface area contributed by atoms with Gasteiger partial charge in [-0.15, -0.1) is 0 Å². The fourth-order valence-electron chi connectivity index (χ4n) is 2.85. The molecule has 1 aliphatic carbocycles. The molecule has 0 spiro atoms. The van der Waals surface area contributed by atoms with Crippen LogP contribution in [0.1, 0.15) is 32.4 Å². The fraction of sp³-hybridized carbons (Fsp3) is 0.733. The summed E-state index contributed by atoms with van der Waals surface area (Å²) >= 11 is 0. The predicted octanol–water partition coefficient (Wildman–Crippen LogP) is 2.24. The number of hydrogen-bond acceptors (Lipinski definition) is 4. The van der Waals surface area contributed by atoms with E-state index in [0.717, 1.165) is 12.3 Å². The summed E-state index contributed by atoms with van der Waals surface area (Å²) in [5, 5.41) is 0. The van der Waals surface area contributed by atoms with Crippen molar-refractivity contribution in [1.29, 1.82) is 0 Å². The molecule has 4 nitrogen and oxygen atoms in total. The SMILES string of the molecule is COCC(CN)(C(C)C)N(Cc1ccco1)C1CC1. The molecular formula is C15H26N2O2. The average Bonchev–Trinajstić information content (AvgIpc) is 3.10. The Bertz CT molecular complexity index is 374. The van der Waals surface area contributed by atoms with Gasteiger partial charge in [0.25, 0.3) is 0 Å². The lowest BCUT2D eigenvalue weighted by molar-refractivity contribution is -0.0300. The van der Waals surface area contributed by atoms with Crippen molar-refractivity contribution in [2.45, 2.75) is 44.8 Å². The Morgan fingerprint density at radius 2 is 2.26 bits per heavy atom. The number of nitrogens with two attached hydrogens (primary N) is 1. The summed E-state index contributed by atoms with van der Waals surface area (Å²) in [6, 6.07) is 4.59. The average molecular weight is 266 g/mol. The maximum atomic E-state index is 6.14. The minimum atomic E-state index is -0.108. The van der Waals surface area contributed by atoms with Crippen molar-refractivity contribution < 1.29 is 9.15 Å². The molecule has 4 heteroatoms. The Morgan fingerprint density at radius 3 is 2.68 bits per heavy atom. The highest BCUT2D eigenvalue weighted by molar-refractivity contribution is 5.06. The van der Waals surface area contributed by atoms with Gasteiger partial charge < -0.3 is 14.9 Å². The maximum absolute atomic E-state index is 6.14. The first-order valence-corrected chi connectivity index (χ1v) is 7.12. The van der Waals surface area contributed by atoms with Crippen LogP contribution in [0, 0.1) is 5.92 Å². The molecule has 0 amide bonds. The lowest BCUT2D eigenvalue weighted by atomic mass is 9.84. The third-order valence-electron chi connectivity index (χ3n) is 4.29. The third-order valence-corrected chi connectivity index (χ3v) is 4.29. The highest BCUT2D eigenvalue weighted by Crippen LogP contribution is 2.37. The van der Waals surface area contributed by atoms with E-state index >= 15 is 0 Å². The van der Waals surface area contributed by atoms with Crippen LogP contribution in [0.5, 0.6) is 0 Å². The number of ether oxygens (including phenoxy) is 1. The predicted molar refractivity (Wildman–Crippen MR) is 75.8 cm³/mol. The van der Waals surface area contributed by atoms with Gasteiger partial charge in [0.05, 0.1) is 25.0 Å². The van der Waals surface area contributed by atoms with Gasteiger partial charge in [0.2, 0.25) is 0 Å². The van der Waals surface area contributed by atoms with Crippen molar-refractivity contribution in [3.8, 4) is 0 Å². The Morgan fingerprint density at radius 1 is 1.53 bits per heavy atom. The molecule has 0 aliphatic heterocycles. The summed E-state index contributed by atoms with van der Waals surface area (Å²) in [5.74, 6) is 1.44. The Labute approximate surface area is 115 Å². The molecule has 1 saturated carbocycles. The number of rotatable bonds is 8. The molecule has 1 aromatic heterocycles. The molecule has 1 aromatic rings. The molecule has 1 unspecified atom stereocenters. The van der Waals surface area contributed by atoms with Crippen molar-refractivity contribution in [3.63, 3.8) is 0 Å². The molecule has 2 N–H and O–H groups in total. The van der Waals surface area contributed by atoms with Crippen molar-refractivity contribution in [1.82, 2.24) is 4.90 Å². The smallest absolute Gasteiger partial charge is 0.117 e. The van der Waals surface area contributed by atoms with Crippen molar-refractivity contribution in [2.24, 2.45) is 11.7 Å².